The molecular formula is C39H31N3O2Pt. The summed E-state index contributed by atoms with van der Waals surface area (Å²) in [5.74, 6) is 2.88. The summed E-state index contributed by atoms with van der Waals surface area (Å²) < 4.78 is 15.3. The van der Waals surface area contributed by atoms with Crippen molar-refractivity contribution < 1.29 is 30.5 Å². The van der Waals surface area contributed by atoms with E-state index in [-0.39, 0.29) is 38.6 Å². The monoisotopic (exact) mass is 768 g/mol. The van der Waals surface area contributed by atoms with Gasteiger partial charge in [0.05, 0.1) is 6.04 Å². The molecule has 2 aliphatic heterocycles. The van der Waals surface area contributed by atoms with Crippen LogP contribution in [0.1, 0.15) is 64.5 Å². The van der Waals surface area contributed by atoms with Crippen LogP contribution in [0.5, 0.6) is 11.5 Å². The largest absolute Gasteiger partial charge is 2.00 e. The topological polar surface area (TPSA) is 48.6 Å². The fourth-order valence-electron chi connectivity index (χ4n) is 7.53. The zero-order valence-electron chi connectivity index (χ0n) is 25.8. The van der Waals surface area contributed by atoms with Gasteiger partial charge >= 0.3 is 21.1 Å². The predicted octanol–water partition coefficient (Wildman–Crippen LogP) is 8.58. The van der Waals surface area contributed by atoms with Crippen molar-refractivity contribution in [1.29, 1.82) is 0 Å². The second kappa shape index (κ2) is 9.89. The Kier molecular flexibility index (Phi) is 6.22. The molecule has 0 fully saturated rings. The number of benzene rings is 4. The Morgan fingerprint density at radius 2 is 1.73 bits per heavy atom. The van der Waals surface area contributed by atoms with E-state index in [2.05, 4.69) is 106 Å². The fourth-order valence-corrected chi connectivity index (χ4v) is 7.53. The molecule has 0 bridgehead atoms. The van der Waals surface area contributed by atoms with Crippen LogP contribution in [0.2, 0.25) is 0 Å². The minimum atomic E-state index is -0.175. The second-order valence-corrected chi connectivity index (χ2v) is 13.1. The number of ether oxygens (including phenoxy) is 2. The number of fused-ring (bicyclic) bond motifs is 8. The van der Waals surface area contributed by atoms with E-state index < -0.39 is 0 Å². The molecule has 0 amide bonds. The third-order valence-electron chi connectivity index (χ3n) is 9.64. The molecule has 0 spiro atoms. The molecule has 6 aromatic rings. The van der Waals surface area contributed by atoms with Gasteiger partial charge in [0.1, 0.15) is 17.8 Å². The molecule has 2 aromatic heterocycles. The average Bonchev–Trinajstić information content (AvgIpc) is 3.66. The maximum Gasteiger partial charge on any atom is 2.00 e. The molecule has 4 aromatic carbocycles. The van der Waals surface area contributed by atoms with Crippen LogP contribution in [0.3, 0.4) is 0 Å². The summed E-state index contributed by atoms with van der Waals surface area (Å²) in [6.07, 6.45) is 2.74. The Bertz CT molecular complexity index is 2250. The van der Waals surface area contributed by atoms with Crippen LogP contribution in [0.4, 0.5) is 0 Å². The van der Waals surface area contributed by atoms with E-state index in [1.807, 2.05) is 18.3 Å². The average molecular weight is 769 g/mol. The van der Waals surface area contributed by atoms with Crippen molar-refractivity contribution in [2.75, 3.05) is 0 Å². The number of rotatable bonds is 3. The summed E-state index contributed by atoms with van der Waals surface area (Å²) >= 11 is 0. The molecule has 2 atom stereocenters. The van der Waals surface area contributed by atoms with Crippen LogP contribution >= 0.6 is 0 Å². The van der Waals surface area contributed by atoms with Gasteiger partial charge in [-0.15, -0.1) is 28.6 Å². The first-order valence-electron chi connectivity index (χ1n) is 15.3. The molecule has 0 saturated heterocycles. The van der Waals surface area contributed by atoms with E-state index in [4.69, 9.17) is 19.5 Å². The SMILES string of the molecule is Cc1cc(Oc2[c-]c3c(cc2C)c2cc(C)cc4c2n3-c2ncccc2C4(C)C)[c-]c(C2=N[C@@H]3Cc4ccccc4[C@@H]3O2)c1.[Pt+2]. The molecule has 5 nitrogen and oxygen atoms in total. The Labute approximate surface area is 277 Å². The summed E-state index contributed by atoms with van der Waals surface area (Å²) in [6, 6.07) is 30.8. The predicted molar refractivity (Wildman–Crippen MR) is 173 cm³/mol. The van der Waals surface area contributed by atoms with Gasteiger partial charge in [-0.2, -0.15) is 6.07 Å². The van der Waals surface area contributed by atoms with Crippen molar-refractivity contribution in [2.45, 2.75) is 58.6 Å². The molecular weight excluding hydrogens is 738 g/mol. The number of aromatic nitrogens is 2. The van der Waals surface area contributed by atoms with Crippen molar-refractivity contribution in [3.8, 4) is 17.3 Å². The van der Waals surface area contributed by atoms with Gasteiger partial charge in [-0.1, -0.05) is 98.9 Å². The molecule has 4 heterocycles. The Balaban J connectivity index is 0.00000300. The van der Waals surface area contributed by atoms with E-state index in [9.17, 15) is 0 Å². The van der Waals surface area contributed by atoms with Gasteiger partial charge in [-0.3, -0.25) is 4.99 Å². The molecule has 6 heteroatoms. The normalized spacial score (nSPS) is 18.6. The van der Waals surface area contributed by atoms with E-state index in [1.54, 1.807) is 0 Å². The first-order valence-corrected chi connectivity index (χ1v) is 15.3. The van der Waals surface area contributed by atoms with Gasteiger partial charge in [0, 0.05) is 34.2 Å². The second-order valence-electron chi connectivity index (χ2n) is 13.1. The molecule has 1 aliphatic carbocycles. The molecule has 0 unspecified atom stereocenters. The molecule has 0 N–H and O–H groups in total. The molecule has 45 heavy (non-hydrogen) atoms. The first-order chi connectivity index (χ1) is 21.3. The van der Waals surface area contributed by atoms with Crippen LogP contribution in [0.25, 0.3) is 27.6 Å². The van der Waals surface area contributed by atoms with Gasteiger partial charge in [-0.25, -0.2) is 4.98 Å². The maximum absolute atomic E-state index is 6.59. The maximum atomic E-state index is 6.59. The summed E-state index contributed by atoms with van der Waals surface area (Å²) in [4.78, 5) is 9.87. The van der Waals surface area contributed by atoms with E-state index in [0.29, 0.717) is 17.4 Å². The number of aryl methyl sites for hydroxylation is 3. The number of aliphatic imine (C=N–C) groups is 1. The minimum absolute atomic E-state index is 0. The third-order valence-corrected chi connectivity index (χ3v) is 9.64. The number of hydrogen-bond donors (Lipinski definition) is 0. The molecule has 0 saturated carbocycles. The van der Waals surface area contributed by atoms with Gasteiger partial charge < -0.3 is 14.0 Å². The van der Waals surface area contributed by atoms with Crippen molar-refractivity contribution in [3.63, 3.8) is 0 Å². The van der Waals surface area contributed by atoms with Crippen LogP contribution in [-0.4, -0.2) is 21.5 Å². The minimum Gasteiger partial charge on any atom is -0.510 e. The van der Waals surface area contributed by atoms with Gasteiger partial charge in [0.25, 0.3) is 0 Å². The first kappa shape index (κ1) is 28.3. The van der Waals surface area contributed by atoms with Crippen molar-refractivity contribution >= 4 is 27.7 Å². The van der Waals surface area contributed by atoms with Crippen LogP contribution in [0, 0.1) is 32.9 Å². The Morgan fingerprint density at radius 1 is 0.911 bits per heavy atom. The molecule has 9 rings (SSSR count). The summed E-state index contributed by atoms with van der Waals surface area (Å²) in [5, 5.41) is 2.37. The van der Waals surface area contributed by atoms with Gasteiger partial charge in [-0.05, 0) is 41.5 Å². The van der Waals surface area contributed by atoms with Gasteiger partial charge in [0.2, 0.25) is 0 Å². The molecule has 3 aliphatic rings. The summed E-state index contributed by atoms with van der Waals surface area (Å²) in [7, 11) is 0. The summed E-state index contributed by atoms with van der Waals surface area (Å²) in [5.41, 5.74) is 11.2. The molecule has 0 radical (unpaired) electrons. The standard InChI is InChI=1S/C39H31N3O2.Pt/c1-21-13-25(38-41-32-19-24-9-6-7-10-27(24)36(32)44-38)18-26(14-21)43-34-20-33-28(17-23(34)3)29-15-22(2)16-31-35(29)42(33)37-30(39(31,4)5)11-8-12-40-37;/h6-17,32,36H,19H2,1-5H3;/q-2;+2/t32-,36+;/m1./s1. The Morgan fingerprint density at radius 3 is 2.60 bits per heavy atom. The Hall–Kier alpha value is -4.21. The van der Waals surface area contributed by atoms with E-state index in [0.717, 1.165) is 39.8 Å². The molecule has 224 valence electrons. The quantitative estimate of drug-likeness (QED) is 0.170. The van der Waals surface area contributed by atoms with E-state index in [1.165, 1.54) is 38.7 Å². The van der Waals surface area contributed by atoms with Crippen molar-refractivity contribution in [1.82, 2.24) is 9.55 Å². The van der Waals surface area contributed by atoms with Crippen LogP contribution < -0.4 is 4.74 Å². The fraction of sp³-hybridized carbons (Fsp3) is 0.231. The van der Waals surface area contributed by atoms with Gasteiger partial charge in [0.15, 0.2) is 0 Å². The summed E-state index contributed by atoms with van der Waals surface area (Å²) in [6.45, 7) is 10.9. The van der Waals surface area contributed by atoms with Crippen molar-refractivity contribution in [3.05, 3.63) is 130 Å². The third kappa shape index (κ3) is 4.10. The zero-order valence-corrected chi connectivity index (χ0v) is 28.0. The number of pyridine rings is 1. The van der Waals surface area contributed by atoms with E-state index >= 15 is 0 Å². The number of nitrogens with zero attached hydrogens (tertiary/aromatic N) is 3. The van der Waals surface area contributed by atoms with Crippen LogP contribution in [0.15, 0.2) is 77.9 Å². The van der Waals surface area contributed by atoms with Crippen LogP contribution in [-0.2, 0) is 37.6 Å². The zero-order chi connectivity index (χ0) is 29.9. The number of hydrogen-bond acceptors (Lipinski definition) is 4. The smallest absolute Gasteiger partial charge is 0.510 e. The van der Waals surface area contributed by atoms with Crippen molar-refractivity contribution in [2.24, 2.45) is 4.99 Å².